The number of carbonyl (C=O) groups excluding carboxylic acids is 2. The van der Waals surface area contributed by atoms with E-state index in [-0.39, 0.29) is 18.3 Å². The maximum atomic E-state index is 13.5. The van der Waals surface area contributed by atoms with Gasteiger partial charge in [-0.25, -0.2) is 4.39 Å². The van der Waals surface area contributed by atoms with Gasteiger partial charge >= 0.3 is 11.8 Å². The van der Waals surface area contributed by atoms with Crippen molar-refractivity contribution in [3.63, 3.8) is 0 Å². The normalized spacial score (nSPS) is 12.0. The van der Waals surface area contributed by atoms with Crippen molar-refractivity contribution in [2.45, 2.75) is 6.04 Å². The minimum Gasteiger partial charge on any atom is -0.346 e. The zero-order chi connectivity index (χ0) is 17.7. The minimum absolute atomic E-state index is 0.0333. The summed E-state index contributed by atoms with van der Waals surface area (Å²) in [4.78, 5) is 25.7. The van der Waals surface area contributed by atoms with E-state index in [1.54, 1.807) is 24.0 Å². The van der Waals surface area contributed by atoms with Gasteiger partial charge in [0.15, 0.2) is 0 Å². The van der Waals surface area contributed by atoms with Crippen LogP contribution in [0.25, 0.3) is 0 Å². The van der Waals surface area contributed by atoms with Crippen molar-refractivity contribution in [3.05, 3.63) is 48.0 Å². The average Bonchev–Trinajstić information content (AvgIpc) is 2.95. The monoisotopic (exact) mass is 333 g/mol. The lowest BCUT2D eigenvalue weighted by molar-refractivity contribution is -0.136. The molecule has 0 fully saturated rings. The average molecular weight is 333 g/mol. The SMILES string of the molecule is CN(C)[C@H](CNC(=O)C(=O)Nc1ccccc1F)c1cnn(C)c1. The van der Waals surface area contributed by atoms with Crippen LogP contribution in [0.3, 0.4) is 0 Å². The van der Waals surface area contributed by atoms with Crippen LogP contribution in [-0.4, -0.2) is 47.1 Å². The molecule has 0 aliphatic carbocycles. The van der Waals surface area contributed by atoms with E-state index in [0.717, 1.165) is 5.56 Å². The van der Waals surface area contributed by atoms with Gasteiger partial charge in [0, 0.05) is 25.4 Å². The first kappa shape index (κ1) is 17.6. The molecule has 8 heteroatoms. The van der Waals surface area contributed by atoms with Gasteiger partial charge in [0.05, 0.1) is 17.9 Å². The van der Waals surface area contributed by atoms with Crippen LogP contribution in [-0.2, 0) is 16.6 Å². The number of nitrogens with one attached hydrogen (secondary N) is 2. The Labute approximate surface area is 139 Å². The molecular weight excluding hydrogens is 313 g/mol. The number of hydrogen-bond donors (Lipinski definition) is 2. The van der Waals surface area contributed by atoms with Crippen LogP contribution in [0, 0.1) is 5.82 Å². The molecule has 1 atom stereocenters. The van der Waals surface area contributed by atoms with Crippen molar-refractivity contribution in [3.8, 4) is 0 Å². The predicted octanol–water partition coefficient (Wildman–Crippen LogP) is 0.917. The fourth-order valence-electron chi connectivity index (χ4n) is 2.22. The highest BCUT2D eigenvalue weighted by atomic mass is 19.1. The Bertz CT molecular complexity index is 729. The first-order chi connectivity index (χ1) is 11.4. The van der Waals surface area contributed by atoms with Crippen molar-refractivity contribution >= 4 is 17.5 Å². The second-order valence-electron chi connectivity index (χ2n) is 5.57. The second-order valence-corrected chi connectivity index (χ2v) is 5.57. The van der Waals surface area contributed by atoms with Crippen molar-refractivity contribution < 1.29 is 14.0 Å². The second kappa shape index (κ2) is 7.69. The highest BCUT2D eigenvalue weighted by Gasteiger charge is 2.20. The van der Waals surface area contributed by atoms with Gasteiger partial charge in [-0.05, 0) is 26.2 Å². The van der Waals surface area contributed by atoms with Gasteiger partial charge < -0.3 is 15.5 Å². The molecule has 7 nitrogen and oxygen atoms in total. The van der Waals surface area contributed by atoms with Gasteiger partial charge in [-0.3, -0.25) is 14.3 Å². The lowest BCUT2D eigenvalue weighted by Crippen LogP contribution is -2.40. The molecule has 0 bridgehead atoms. The van der Waals surface area contributed by atoms with E-state index in [1.165, 1.54) is 18.2 Å². The van der Waals surface area contributed by atoms with Crippen molar-refractivity contribution in [2.24, 2.45) is 7.05 Å². The number of nitrogens with zero attached hydrogens (tertiary/aromatic N) is 3. The first-order valence-corrected chi connectivity index (χ1v) is 7.37. The predicted molar refractivity (Wildman–Crippen MR) is 87.7 cm³/mol. The zero-order valence-electron chi connectivity index (χ0n) is 13.8. The Morgan fingerprint density at radius 2 is 2.00 bits per heavy atom. The Morgan fingerprint density at radius 1 is 1.29 bits per heavy atom. The fourth-order valence-corrected chi connectivity index (χ4v) is 2.22. The number of aromatic nitrogens is 2. The van der Waals surface area contributed by atoms with Crippen LogP contribution >= 0.6 is 0 Å². The molecule has 0 aliphatic rings. The van der Waals surface area contributed by atoms with E-state index in [1.807, 2.05) is 25.2 Å². The van der Waals surface area contributed by atoms with Gasteiger partial charge in [0.1, 0.15) is 5.82 Å². The van der Waals surface area contributed by atoms with Crippen LogP contribution in [0.15, 0.2) is 36.7 Å². The summed E-state index contributed by atoms with van der Waals surface area (Å²) in [5.41, 5.74) is 0.881. The summed E-state index contributed by atoms with van der Waals surface area (Å²) in [6, 6.07) is 5.53. The third-order valence-electron chi connectivity index (χ3n) is 3.52. The maximum absolute atomic E-state index is 13.5. The summed E-state index contributed by atoms with van der Waals surface area (Å²) in [7, 11) is 5.53. The van der Waals surface area contributed by atoms with Crippen LogP contribution < -0.4 is 10.6 Å². The summed E-state index contributed by atoms with van der Waals surface area (Å²) < 4.78 is 15.2. The number of carbonyl (C=O) groups is 2. The lowest BCUT2D eigenvalue weighted by atomic mass is 10.1. The molecule has 1 heterocycles. The van der Waals surface area contributed by atoms with Crippen molar-refractivity contribution in [1.29, 1.82) is 0 Å². The number of benzene rings is 1. The third kappa shape index (κ3) is 4.39. The van der Waals surface area contributed by atoms with Gasteiger partial charge in [-0.15, -0.1) is 0 Å². The van der Waals surface area contributed by atoms with E-state index < -0.39 is 17.6 Å². The zero-order valence-corrected chi connectivity index (χ0v) is 13.8. The molecular formula is C16H20FN5O2. The number of para-hydroxylation sites is 1. The Kier molecular flexibility index (Phi) is 5.64. The Balaban J connectivity index is 1.95. The van der Waals surface area contributed by atoms with E-state index in [4.69, 9.17) is 0 Å². The van der Waals surface area contributed by atoms with Crippen LogP contribution in [0.2, 0.25) is 0 Å². The summed E-state index contributed by atoms with van der Waals surface area (Å²) in [6.07, 6.45) is 3.55. The highest BCUT2D eigenvalue weighted by Crippen LogP contribution is 2.16. The molecule has 0 radical (unpaired) electrons. The third-order valence-corrected chi connectivity index (χ3v) is 3.52. The molecule has 0 aliphatic heterocycles. The van der Waals surface area contributed by atoms with Gasteiger partial charge in [0.25, 0.3) is 0 Å². The lowest BCUT2D eigenvalue weighted by Gasteiger charge is -2.23. The fraction of sp³-hybridized carbons (Fsp3) is 0.312. The topological polar surface area (TPSA) is 79.3 Å². The summed E-state index contributed by atoms with van der Waals surface area (Å²) in [5.74, 6) is -2.34. The van der Waals surface area contributed by atoms with Crippen molar-refractivity contribution in [1.82, 2.24) is 20.0 Å². The molecule has 1 aromatic heterocycles. The van der Waals surface area contributed by atoms with E-state index in [9.17, 15) is 14.0 Å². The molecule has 0 saturated heterocycles. The molecule has 24 heavy (non-hydrogen) atoms. The van der Waals surface area contributed by atoms with E-state index in [0.29, 0.717) is 0 Å². The van der Waals surface area contributed by atoms with Gasteiger partial charge in [-0.2, -0.15) is 5.10 Å². The highest BCUT2D eigenvalue weighted by molar-refractivity contribution is 6.39. The largest absolute Gasteiger partial charge is 0.346 e. The molecule has 2 amide bonds. The molecule has 128 valence electrons. The van der Waals surface area contributed by atoms with Crippen LogP contribution in [0.5, 0.6) is 0 Å². The minimum atomic E-state index is -0.913. The van der Waals surface area contributed by atoms with Gasteiger partial charge in [0.2, 0.25) is 0 Å². The van der Waals surface area contributed by atoms with E-state index in [2.05, 4.69) is 15.7 Å². The number of likely N-dealkylation sites (N-methyl/N-ethyl adjacent to an activating group) is 1. The number of aryl methyl sites for hydroxylation is 1. The molecule has 1 aromatic carbocycles. The number of rotatable bonds is 5. The van der Waals surface area contributed by atoms with Gasteiger partial charge in [-0.1, -0.05) is 12.1 Å². The Morgan fingerprint density at radius 3 is 2.58 bits per heavy atom. The smallest absolute Gasteiger partial charge is 0.313 e. The molecule has 0 saturated carbocycles. The van der Waals surface area contributed by atoms with Crippen LogP contribution in [0.1, 0.15) is 11.6 Å². The standard InChI is InChI=1S/C16H20FN5O2/c1-21(2)14(11-8-19-22(3)10-11)9-18-15(23)16(24)20-13-7-5-4-6-12(13)17/h4-8,10,14H,9H2,1-3H3,(H,18,23)(H,20,24)/t14-/m1/s1. The van der Waals surface area contributed by atoms with E-state index >= 15 is 0 Å². The number of amides is 2. The number of anilines is 1. The summed E-state index contributed by atoms with van der Waals surface area (Å²) in [6.45, 7) is 0.224. The van der Waals surface area contributed by atoms with Crippen LogP contribution in [0.4, 0.5) is 10.1 Å². The molecule has 0 spiro atoms. The molecule has 2 N–H and O–H groups in total. The molecule has 2 aromatic rings. The number of halogens is 1. The molecule has 2 rings (SSSR count). The Hall–Kier alpha value is -2.74. The summed E-state index contributed by atoms with van der Waals surface area (Å²) >= 11 is 0. The molecule has 0 unspecified atom stereocenters. The summed E-state index contributed by atoms with van der Waals surface area (Å²) in [5, 5.41) is 8.91. The first-order valence-electron chi connectivity index (χ1n) is 7.37. The number of hydrogen-bond acceptors (Lipinski definition) is 4. The maximum Gasteiger partial charge on any atom is 0.313 e. The van der Waals surface area contributed by atoms with Crippen molar-refractivity contribution in [2.75, 3.05) is 26.0 Å². The quantitative estimate of drug-likeness (QED) is 0.798.